The molecule has 1 aromatic heterocycles. The Morgan fingerprint density at radius 3 is 2.45 bits per heavy atom. The number of halogens is 1. The van der Waals surface area contributed by atoms with E-state index in [-0.39, 0.29) is 5.91 Å². The number of H-pyrrole nitrogens is 1. The van der Waals surface area contributed by atoms with E-state index in [1.807, 2.05) is 37.3 Å². The largest absolute Gasteiger partial charge is 0.341 e. The number of amides is 1. The van der Waals surface area contributed by atoms with Gasteiger partial charge < -0.3 is 10.3 Å². The zero-order chi connectivity index (χ0) is 15.5. The Kier molecular flexibility index (Phi) is 3.94. The molecular formula is C17H14ClN3O. The molecule has 5 heteroatoms. The maximum absolute atomic E-state index is 12.3. The SMILES string of the molecule is Cc1[nH]c(-c2ccccc2)nc1C(=O)Nc1ccc(Cl)cc1. The second-order valence-electron chi connectivity index (χ2n) is 4.89. The lowest BCUT2D eigenvalue weighted by Crippen LogP contribution is -2.13. The third kappa shape index (κ3) is 3.02. The molecule has 4 nitrogen and oxygen atoms in total. The summed E-state index contributed by atoms with van der Waals surface area (Å²) in [7, 11) is 0. The first-order valence-electron chi connectivity index (χ1n) is 6.82. The third-order valence-electron chi connectivity index (χ3n) is 3.25. The molecule has 0 aliphatic carbocycles. The molecule has 0 unspecified atom stereocenters. The topological polar surface area (TPSA) is 57.8 Å². The second-order valence-corrected chi connectivity index (χ2v) is 5.32. The van der Waals surface area contributed by atoms with Crippen molar-refractivity contribution >= 4 is 23.2 Å². The fraction of sp³-hybridized carbons (Fsp3) is 0.0588. The lowest BCUT2D eigenvalue weighted by Gasteiger charge is -2.03. The Labute approximate surface area is 133 Å². The van der Waals surface area contributed by atoms with Crippen LogP contribution in [0.25, 0.3) is 11.4 Å². The Bertz CT molecular complexity index is 795. The molecule has 110 valence electrons. The summed E-state index contributed by atoms with van der Waals surface area (Å²) >= 11 is 5.83. The van der Waals surface area contributed by atoms with Crippen LogP contribution in [0.5, 0.6) is 0 Å². The van der Waals surface area contributed by atoms with Gasteiger partial charge in [0.05, 0.1) is 0 Å². The van der Waals surface area contributed by atoms with E-state index in [1.165, 1.54) is 0 Å². The Morgan fingerprint density at radius 2 is 1.77 bits per heavy atom. The van der Waals surface area contributed by atoms with Crippen LogP contribution in [-0.4, -0.2) is 15.9 Å². The van der Waals surface area contributed by atoms with Crippen LogP contribution in [0.15, 0.2) is 54.6 Å². The van der Waals surface area contributed by atoms with E-state index in [1.54, 1.807) is 24.3 Å². The number of hydrogen-bond donors (Lipinski definition) is 2. The quantitative estimate of drug-likeness (QED) is 0.758. The summed E-state index contributed by atoms with van der Waals surface area (Å²) in [5, 5.41) is 3.44. The molecule has 3 rings (SSSR count). The number of anilines is 1. The highest BCUT2D eigenvalue weighted by Crippen LogP contribution is 2.19. The number of hydrogen-bond acceptors (Lipinski definition) is 2. The number of aromatic nitrogens is 2. The van der Waals surface area contributed by atoms with Crippen molar-refractivity contribution in [2.75, 3.05) is 5.32 Å². The predicted octanol–water partition coefficient (Wildman–Crippen LogP) is 4.29. The predicted molar refractivity (Wildman–Crippen MR) is 88.2 cm³/mol. The first kappa shape index (κ1) is 14.4. The van der Waals surface area contributed by atoms with Gasteiger partial charge in [-0.05, 0) is 31.2 Å². The van der Waals surface area contributed by atoms with Crippen molar-refractivity contribution in [3.63, 3.8) is 0 Å². The molecule has 0 aliphatic heterocycles. The molecule has 0 spiro atoms. The molecule has 1 amide bonds. The molecule has 2 N–H and O–H groups in total. The fourth-order valence-electron chi connectivity index (χ4n) is 2.14. The van der Waals surface area contributed by atoms with Gasteiger partial charge in [-0.1, -0.05) is 41.9 Å². The van der Waals surface area contributed by atoms with Crippen molar-refractivity contribution < 1.29 is 4.79 Å². The molecule has 0 saturated heterocycles. The lowest BCUT2D eigenvalue weighted by atomic mass is 10.2. The summed E-state index contributed by atoms with van der Waals surface area (Å²) < 4.78 is 0. The smallest absolute Gasteiger partial charge is 0.276 e. The number of carbonyl (C=O) groups is 1. The van der Waals surface area contributed by atoms with E-state index in [2.05, 4.69) is 15.3 Å². The van der Waals surface area contributed by atoms with Gasteiger partial charge in [-0.2, -0.15) is 0 Å². The van der Waals surface area contributed by atoms with Crippen LogP contribution in [0.4, 0.5) is 5.69 Å². The summed E-state index contributed by atoms with van der Waals surface area (Å²) in [6.45, 7) is 1.83. The molecule has 2 aromatic carbocycles. The normalized spacial score (nSPS) is 10.5. The van der Waals surface area contributed by atoms with Crippen molar-refractivity contribution in [1.29, 1.82) is 0 Å². The maximum Gasteiger partial charge on any atom is 0.276 e. The number of rotatable bonds is 3. The van der Waals surface area contributed by atoms with Crippen LogP contribution in [0.1, 0.15) is 16.2 Å². The zero-order valence-electron chi connectivity index (χ0n) is 11.9. The first-order chi connectivity index (χ1) is 10.6. The van der Waals surface area contributed by atoms with E-state index >= 15 is 0 Å². The van der Waals surface area contributed by atoms with Crippen molar-refractivity contribution in [3.8, 4) is 11.4 Å². The van der Waals surface area contributed by atoms with Gasteiger partial charge in [0.25, 0.3) is 5.91 Å². The van der Waals surface area contributed by atoms with E-state index < -0.39 is 0 Å². The van der Waals surface area contributed by atoms with Crippen molar-refractivity contribution in [1.82, 2.24) is 9.97 Å². The van der Waals surface area contributed by atoms with Gasteiger partial charge in [0.2, 0.25) is 0 Å². The summed E-state index contributed by atoms with van der Waals surface area (Å²) in [5.41, 5.74) is 2.73. The second kappa shape index (κ2) is 6.03. The van der Waals surface area contributed by atoms with E-state index in [9.17, 15) is 4.79 Å². The minimum absolute atomic E-state index is 0.252. The number of aromatic amines is 1. The summed E-state index contributed by atoms with van der Waals surface area (Å²) in [6, 6.07) is 16.6. The molecule has 0 bridgehead atoms. The highest BCUT2D eigenvalue weighted by Gasteiger charge is 2.15. The molecule has 0 atom stereocenters. The van der Waals surface area contributed by atoms with Crippen LogP contribution in [0, 0.1) is 6.92 Å². The Hall–Kier alpha value is -2.59. The molecule has 3 aromatic rings. The van der Waals surface area contributed by atoms with Crippen molar-refractivity contribution in [2.24, 2.45) is 0 Å². The molecule has 1 heterocycles. The average Bonchev–Trinajstić information content (AvgIpc) is 2.92. The van der Waals surface area contributed by atoms with Crippen molar-refractivity contribution in [2.45, 2.75) is 6.92 Å². The monoisotopic (exact) mass is 311 g/mol. The maximum atomic E-state index is 12.3. The third-order valence-corrected chi connectivity index (χ3v) is 3.50. The average molecular weight is 312 g/mol. The lowest BCUT2D eigenvalue weighted by molar-refractivity contribution is 0.102. The number of benzene rings is 2. The van der Waals surface area contributed by atoms with Crippen LogP contribution in [0.3, 0.4) is 0 Å². The van der Waals surface area contributed by atoms with Gasteiger partial charge in [0.1, 0.15) is 11.5 Å². The minimum Gasteiger partial charge on any atom is -0.341 e. The molecular weight excluding hydrogens is 298 g/mol. The van der Waals surface area contributed by atoms with Crippen LogP contribution in [-0.2, 0) is 0 Å². The van der Waals surface area contributed by atoms with Crippen molar-refractivity contribution in [3.05, 3.63) is 71.0 Å². The molecule has 22 heavy (non-hydrogen) atoms. The van der Waals surface area contributed by atoms with Gasteiger partial charge in [0.15, 0.2) is 0 Å². The molecule has 0 saturated carbocycles. The number of nitrogens with one attached hydrogen (secondary N) is 2. The number of aryl methyl sites for hydroxylation is 1. The zero-order valence-corrected chi connectivity index (χ0v) is 12.7. The molecule has 0 fully saturated rings. The number of carbonyl (C=O) groups excluding carboxylic acids is 1. The van der Waals surface area contributed by atoms with Crippen LogP contribution in [0.2, 0.25) is 5.02 Å². The van der Waals surface area contributed by atoms with Gasteiger partial charge in [-0.3, -0.25) is 4.79 Å². The fourth-order valence-corrected chi connectivity index (χ4v) is 2.26. The van der Waals surface area contributed by atoms with Gasteiger partial charge >= 0.3 is 0 Å². The molecule has 0 radical (unpaired) electrons. The highest BCUT2D eigenvalue weighted by molar-refractivity contribution is 6.30. The van der Waals surface area contributed by atoms with Gasteiger partial charge in [0, 0.05) is 22.0 Å². The Morgan fingerprint density at radius 1 is 1.09 bits per heavy atom. The van der Waals surface area contributed by atoms with Crippen LogP contribution >= 0.6 is 11.6 Å². The van der Waals surface area contributed by atoms with E-state index in [0.717, 1.165) is 11.3 Å². The summed E-state index contributed by atoms with van der Waals surface area (Å²) in [6.07, 6.45) is 0. The van der Waals surface area contributed by atoms with Gasteiger partial charge in [-0.25, -0.2) is 4.98 Å². The van der Waals surface area contributed by atoms with Gasteiger partial charge in [-0.15, -0.1) is 0 Å². The summed E-state index contributed by atoms with van der Waals surface area (Å²) in [5.74, 6) is 0.428. The number of nitrogens with zero attached hydrogens (tertiary/aromatic N) is 1. The Balaban J connectivity index is 1.84. The molecule has 0 aliphatic rings. The highest BCUT2D eigenvalue weighted by atomic mass is 35.5. The van der Waals surface area contributed by atoms with Crippen LogP contribution < -0.4 is 5.32 Å². The first-order valence-corrected chi connectivity index (χ1v) is 7.20. The number of imidazole rings is 1. The van der Waals surface area contributed by atoms with E-state index in [4.69, 9.17) is 11.6 Å². The summed E-state index contributed by atoms with van der Waals surface area (Å²) in [4.78, 5) is 19.9. The standard InChI is InChI=1S/C17H14ClN3O/c1-11-15(17(22)20-14-9-7-13(18)8-10-14)21-16(19-11)12-5-3-2-4-6-12/h2-10H,1H3,(H,19,21)(H,20,22). The van der Waals surface area contributed by atoms with E-state index in [0.29, 0.717) is 22.2 Å². The minimum atomic E-state index is -0.252.